The van der Waals surface area contributed by atoms with E-state index in [-0.39, 0.29) is 11.9 Å². The monoisotopic (exact) mass is 215 g/mol. The molecule has 0 saturated carbocycles. The summed E-state index contributed by atoms with van der Waals surface area (Å²) in [7, 11) is 0. The molecule has 0 aliphatic carbocycles. The van der Waals surface area contributed by atoms with Gasteiger partial charge >= 0.3 is 0 Å². The lowest BCUT2D eigenvalue weighted by molar-refractivity contribution is -0.119. The number of hydrogen-bond donors (Lipinski definition) is 1. The van der Waals surface area contributed by atoms with Crippen molar-refractivity contribution in [1.82, 2.24) is 15.5 Å². The van der Waals surface area contributed by atoms with Gasteiger partial charge in [0.15, 0.2) is 0 Å². The van der Waals surface area contributed by atoms with Crippen LogP contribution in [0.4, 0.5) is 0 Å². The maximum Gasteiger partial charge on any atom is 0.277 e. The first kappa shape index (κ1) is 11.0. The van der Waals surface area contributed by atoms with Crippen molar-refractivity contribution in [3.05, 3.63) is 5.89 Å². The van der Waals surface area contributed by atoms with E-state index in [1.807, 2.05) is 13.8 Å². The van der Waals surface area contributed by atoms with Crippen LogP contribution in [0.25, 0.3) is 0 Å². The quantitative estimate of drug-likeness (QED) is 0.759. The Labute approximate surface area is 86.7 Å². The van der Waals surface area contributed by atoms with Crippen LogP contribution in [0.1, 0.15) is 19.7 Å². The van der Waals surface area contributed by atoms with Gasteiger partial charge in [0.1, 0.15) is 0 Å². The van der Waals surface area contributed by atoms with E-state index in [1.165, 1.54) is 11.8 Å². The summed E-state index contributed by atoms with van der Waals surface area (Å²) in [6, 6.07) is 0.160. The van der Waals surface area contributed by atoms with Crippen LogP contribution >= 0.6 is 11.8 Å². The summed E-state index contributed by atoms with van der Waals surface area (Å²) in [5.41, 5.74) is 0. The van der Waals surface area contributed by atoms with E-state index in [4.69, 9.17) is 4.42 Å². The number of aromatic nitrogens is 2. The van der Waals surface area contributed by atoms with Crippen molar-refractivity contribution < 1.29 is 9.21 Å². The fraction of sp³-hybridized carbons (Fsp3) is 0.625. The summed E-state index contributed by atoms with van der Waals surface area (Å²) in [6.07, 6.45) is 0. The second kappa shape index (κ2) is 4.99. The Balaban J connectivity index is 2.30. The molecule has 0 atom stereocenters. The van der Waals surface area contributed by atoms with Crippen LogP contribution in [0, 0.1) is 6.92 Å². The Bertz CT molecular complexity index is 311. The van der Waals surface area contributed by atoms with Crippen molar-refractivity contribution in [2.45, 2.75) is 32.0 Å². The number of aryl methyl sites for hydroxylation is 1. The van der Waals surface area contributed by atoms with E-state index in [0.717, 1.165) is 0 Å². The lowest BCUT2D eigenvalue weighted by atomic mass is 10.4. The molecule has 1 rings (SSSR count). The normalized spacial score (nSPS) is 10.6. The summed E-state index contributed by atoms with van der Waals surface area (Å²) in [5, 5.41) is 10.6. The van der Waals surface area contributed by atoms with Gasteiger partial charge in [0, 0.05) is 13.0 Å². The van der Waals surface area contributed by atoms with Crippen molar-refractivity contribution in [2.75, 3.05) is 5.75 Å². The molecule has 1 heterocycles. The summed E-state index contributed by atoms with van der Waals surface area (Å²) < 4.78 is 5.10. The molecule has 5 nitrogen and oxygen atoms in total. The Hall–Kier alpha value is -1.04. The number of carbonyl (C=O) groups excluding carboxylic acids is 1. The third-order valence-electron chi connectivity index (χ3n) is 1.28. The molecule has 0 aromatic carbocycles. The Morgan fingerprint density at radius 2 is 2.29 bits per heavy atom. The van der Waals surface area contributed by atoms with Gasteiger partial charge in [-0.2, -0.15) is 0 Å². The zero-order valence-corrected chi connectivity index (χ0v) is 9.22. The van der Waals surface area contributed by atoms with E-state index < -0.39 is 0 Å². The molecule has 0 aliphatic rings. The van der Waals surface area contributed by atoms with Crippen molar-refractivity contribution in [1.29, 1.82) is 0 Å². The maximum absolute atomic E-state index is 11.2. The number of carbonyl (C=O) groups is 1. The Morgan fingerprint density at radius 3 is 2.79 bits per heavy atom. The largest absolute Gasteiger partial charge is 0.416 e. The fourth-order valence-electron chi connectivity index (χ4n) is 0.828. The fourth-order valence-corrected chi connectivity index (χ4v) is 1.44. The number of nitrogens with zero attached hydrogens (tertiary/aromatic N) is 2. The van der Waals surface area contributed by atoms with Crippen molar-refractivity contribution in [2.24, 2.45) is 0 Å². The number of amides is 1. The molecule has 78 valence electrons. The van der Waals surface area contributed by atoms with Crippen LogP contribution in [0.2, 0.25) is 0 Å². The molecule has 0 saturated heterocycles. The number of rotatable bonds is 4. The van der Waals surface area contributed by atoms with Crippen LogP contribution in [0.3, 0.4) is 0 Å². The molecular formula is C8H13N3O2S. The van der Waals surface area contributed by atoms with Crippen molar-refractivity contribution in [3.63, 3.8) is 0 Å². The van der Waals surface area contributed by atoms with Gasteiger partial charge in [0.05, 0.1) is 5.75 Å². The Kier molecular flexibility index (Phi) is 3.94. The van der Waals surface area contributed by atoms with Gasteiger partial charge in [-0.15, -0.1) is 10.2 Å². The number of hydrogen-bond acceptors (Lipinski definition) is 5. The van der Waals surface area contributed by atoms with Crippen LogP contribution in [-0.2, 0) is 4.79 Å². The average Bonchev–Trinajstić information content (AvgIpc) is 2.47. The van der Waals surface area contributed by atoms with E-state index in [1.54, 1.807) is 6.92 Å². The van der Waals surface area contributed by atoms with E-state index >= 15 is 0 Å². The standard InChI is InChI=1S/C8H13N3O2S/c1-5(2)9-7(12)4-14-8-11-10-6(3)13-8/h5H,4H2,1-3H3,(H,9,12). The number of thioether (sulfide) groups is 1. The highest BCUT2D eigenvalue weighted by molar-refractivity contribution is 7.99. The zero-order valence-electron chi connectivity index (χ0n) is 8.40. The minimum Gasteiger partial charge on any atom is -0.416 e. The molecule has 0 fully saturated rings. The molecule has 0 radical (unpaired) electrons. The van der Waals surface area contributed by atoms with Gasteiger partial charge in [-0.1, -0.05) is 11.8 Å². The first-order valence-electron chi connectivity index (χ1n) is 4.30. The third kappa shape index (κ3) is 3.78. The minimum atomic E-state index is -0.0270. The van der Waals surface area contributed by atoms with Gasteiger partial charge in [0.2, 0.25) is 11.8 Å². The first-order valence-corrected chi connectivity index (χ1v) is 5.28. The molecule has 14 heavy (non-hydrogen) atoms. The minimum absolute atomic E-state index is 0.0270. The van der Waals surface area contributed by atoms with E-state index in [2.05, 4.69) is 15.5 Å². The molecule has 0 aliphatic heterocycles. The summed E-state index contributed by atoms with van der Waals surface area (Å²) in [5.74, 6) is 0.789. The van der Waals surface area contributed by atoms with E-state index in [0.29, 0.717) is 16.9 Å². The predicted molar refractivity (Wildman–Crippen MR) is 53.0 cm³/mol. The topological polar surface area (TPSA) is 68.0 Å². The summed E-state index contributed by atoms with van der Waals surface area (Å²) in [4.78, 5) is 11.2. The van der Waals surface area contributed by atoms with Crippen molar-refractivity contribution >= 4 is 17.7 Å². The van der Waals surface area contributed by atoms with Crippen LogP contribution in [0.5, 0.6) is 0 Å². The van der Waals surface area contributed by atoms with Gasteiger partial charge in [0.25, 0.3) is 5.22 Å². The molecule has 0 spiro atoms. The molecule has 0 unspecified atom stereocenters. The summed E-state index contributed by atoms with van der Waals surface area (Å²) in [6.45, 7) is 5.55. The average molecular weight is 215 g/mol. The SMILES string of the molecule is Cc1nnc(SCC(=O)NC(C)C)o1. The Morgan fingerprint density at radius 1 is 1.57 bits per heavy atom. The highest BCUT2D eigenvalue weighted by Gasteiger charge is 2.07. The molecule has 1 amide bonds. The van der Waals surface area contributed by atoms with Crippen LogP contribution in [0.15, 0.2) is 9.64 Å². The van der Waals surface area contributed by atoms with Gasteiger partial charge in [-0.3, -0.25) is 4.79 Å². The van der Waals surface area contributed by atoms with Gasteiger partial charge in [-0.25, -0.2) is 0 Å². The molecule has 6 heteroatoms. The summed E-state index contributed by atoms with van der Waals surface area (Å²) >= 11 is 1.24. The maximum atomic E-state index is 11.2. The second-order valence-electron chi connectivity index (χ2n) is 3.10. The third-order valence-corrected chi connectivity index (χ3v) is 2.10. The predicted octanol–water partition coefficient (Wildman–Crippen LogP) is 0.995. The lowest BCUT2D eigenvalue weighted by Crippen LogP contribution is -2.31. The van der Waals surface area contributed by atoms with Crippen molar-refractivity contribution in [3.8, 4) is 0 Å². The molecular weight excluding hydrogens is 202 g/mol. The molecule has 1 N–H and O–H groups in total. The zero-order chi connectivity index (χ0) is 10.6. The molecule has 1 aromatic rings. The lowest BCUT2D eigenvalue weighted by Gasteiger charge is -2.06. The molecule has 1 aromatic heterocycles. The van der Waals surface area contributed by atoms with E-state index in [9.17, 15) is 4.79 Å². The van der Waals surface area contributed by atoms with Crippen LogP contribution in [-0.4, -0.2) is 27.9 Å². The second-order valence-corrected chi connectivity index (χ2v) is 4.02. The number of nitrogens with one attached hydrogen (secondary N) is 1. The van der Waals surface area contributed by atoms with Crippen LogP contribution < -0.4 is 5.32 Å². The smallest absolute Gasteiger partial charge is 0.277 e. The van der Waals surface area contributed by atoms with Gasteiger partial charge in [-0.05, 0) is 13.8 Å². The first-order chi connectivity index (χ1) is 6.58. The van der Waals surface area contributed by atoms with Gasteiger partial charge < -0.3 is 9.73 Å². The molecule has 0 bridgehead atoms. The highest BCUT2D eigenvalue weighted by atomic mass is 32.2. The highest BCUT2D eigenvalue weighted by Crippen LogP contribution is 2.14.